The van der Waals surface area contributed by atoms with E-state index < -0.39 is 0 Å². The number of nitrogens with zero attached hydrogens (tertiary/aromatic N) is 1. The van der Waals surface area contributed by atoms with E-state index in [1.165, 1.54) is 0 Å². The smallest absolute Gasteiger partial charge is 0.338 e. The van der Waals surface area contributed by atoms with Gasteiger partial charge in [0.25, 0.3) is 0 Å². The Labute approximate surface area is 90.7 Å². The third-order valence-electron chi connectivity index (χ3n) is 2.35. The molecule has 0 radical (unpaired) electrons. The minimum Gasteiger partial charge on any atom is -0.460 e. The van der Waals surface area contributed by atoms with E-state index in [0.29, 0.717) is 12.2 Å². The van der Waals surface area contributed by atoms with Crippen molar-refractivity contribution in [2.24, 2.45) is 0 Å². The second-order valence-corrected chi connectivity index (χ2v) is 3.78. The van der Waals surface area contributed by atoms with Crippen LogP contribution in [-0.2, 0) is 4.74 Å². The predicted molar refractivity (Wildman–Crippen MR) is 59.9 cm³/mol. The highest BCUT2D eigenvalue weighted by molar-refractivity contribution is 5.89. The molecule has 3 heteroatoms. The zero-order valence-corrected chi connectivity index (χ0v) is 9.43. The van der Waals surface area contributed by atoms with Gasteiger partial charge in [0.05, 0.1) is 5.56 Å². The highest BCUT2D eigenvalue weighted by Gasteiger charge is 2.10. The molecule has 0 N–H and O–H groups in total. The molecule has 0 aliphatic heterocycles. The molecule has 1 aromatic carbocycles. The number of hydrogen-bond donors (Lipinski definition) is 0. The van der Waals surface area contributed by atoms with Gasteiger partial charge in [0.1, 0.15) is 6.61 Å². The van der Waals surface area contributed by atoms with E-state index in [-0.39, 0.29) is 12.0 Å². The lowest BCUT2D eigenvalue weighted by Gasteiger charge is -2.19. The Hall–Kier alpha value is -1.35. The van der Waals surface area contributed by atoms with Gasteiger partial charge in [-0.15, -0.1) is 0 Å². The zero-order chi connectivity index (χ0) is 11.3. The summed E-state index contributed by atoms with van der Waals surface area (Å²) in [5, 5.41) is 0. The molecule has 1 unspecified atom stereocenters. The fourth-order valence-corrected chi connectivity index (χ4v) is 1.00. The molecule has 0 aromatic heterocycles. The summed E-state index contributed by atoms with van der Waals surface area (Å²) < 4.78 is 5.17. The molecule has 0 aliphatic carbocycles. The normalized spacial score (nSPS) is 12.5. The first-order chi connectivity index (χ1) is 7.11. The maximum absolute atomic E-state index is 11.5. The fraction of sp³-hybridized carbons (Fsp3) is 0.417. The summed E-state index contributed by atoms with van der Waals surface area (Å²) in [4.78, 5) is 13.5. The quantitative estimate of drug-likeness (QED) is 0.705. The summed E-state index contributed by atoms with van der Waals surface area (Å²) in [7, 11) is 3.92. The van der Waals surface area contributed by atoms with Crippen molar-refractivity contribution in [1.29, 1.82) is 0 Å². The van der Waals surface area contributed by atoms with Crippen molar-refractivity contribution in [3.63, 3.8) is 0 Å². The molecular weight excluding hydrogens is 190 g/mol. The Morgan fingerprint density at radius 2 is 1.93 bits per heavy atom. The summed E-state index contributed by atoms with van der Waals surface area (Å²) in [5.74, 6) is -0.260. The molecule has 1 atom stereocenters. The summed E-state index contributed by atoms with van der Waals surface area (Å²) in [6, 6.07) is 9.26. The SMILES string of the molecule is CC(COC(=O)c1ccccc1)N(C)C. The molecular formula is C12H17NO2. The minimum atomic E-state index is -0.260. The van der Waals surface area contributed by atoms with E-state index in [9.17, 15) is 4.79 Å². The molecule has 0 fully saturated rings. The molecule has 3 nitrogen and oxygen atoms in total. The van der Waals surface area contributed by atoms with E-state index in [4.69, 9.17) is 4.74 Å². The second-order valence-electron chi connectivity index (χ2n) is 3.78. The molecule has 0 spiro atoms. The Morgan fingerprint density at radius 1 is 1.33 bits per heavy atom. The molecule has 1 aromatic rings. The fourth-order valence-electron chi connectivity index (χ4n) is 1.00. The van der Waals surface area contributed by atoms with Crippen LogP contribution in [0.25, 0.3) is 0 Å². The van der Waals surface area contributed by atoms with Crippen molar-refractivity contribution in [2.75, 3.05) is 20.7 Å². The van der Waals surface area contributed by atoms with Crippen LogP contribution >= 0.6 is 0 Å². The van der Waals surface area contributed by atoms with Crippen LogP contribution in [0, 0.1) is 0 Å². The van der Waals surface area contributed by atoms with E-state index >= 15 is 0 Å². The van der Waals surface area contributed by atoms with Gasteiger partial charge >= 0.3 is 5.97 Å². The number of hydrogen-bond acceptors (Lipinski definition) is 3. The van der Waals surface area contributed by atoms with Gasteiger partial charge in [-0.05, 0) is 33.2 Å². The van der Waals surface area contributed by atoms with Gasteiger partial charge < -0.3 is 9.64 Å². The maximum Gasteiger partial charge on any atom is 0.338 e. The molecule has 15 heavy (non-hydrogen) atoms. The van der Waals surface area contributed by atoms with Gasteiger partial charge in [0.2, 0.25) is 0 Å². The first kappa shape index (κ1) is 11.7. The summed E-state index contributed by atoms with van der Waals surface area (Å²) in [6.07, 6.45) is 0. The first-order valence-corrected chi connectivity index (χ1v) is 5.00. The maximum atomic E-state index is 11.5. The minimum absolute atomic E-state index is 0.234. The lowest BCUT2D eigenvalue weighted by atomic mass is 10.2. The van der Waals surface area contributed by atoms with Crippen molar-refractivity contribution < 1.29 is 9.53 Å². The van der Waals surface area contributed by atoms with Crippen LogP contribution in [0.4, 0.5) is 0 Å². The molecule has 0 heterocycles. The Morgan fingerprint density at radius 3 is 2.47 bits per heavy atom. The van der Waals surface area contributed by atoms with E-state index in [1.54, 1.807) is 12.1 Å². The van der Waals surface area contributed by atoms with E-state index in [0.717, 1.165) is 0 Å². The van der Waals surface area contributed by atoms with Crippen LogP contribution in [-0.4, -0.2) is 37.6 Å². The van der Waals surface area contributed by atoms with Crippen LogP contribution in [0.1, 0.15) is 17.3 Å². The highest BCUT2D eigenvalue weighted by atomic mass is 16.5. The number of carbonyl (C=O) groups is 1. The van der Waals surface area contributed by atoms with Crippen LogP contribution in [0.15, 0.2) is 30.3 Å². The number of carbonyl (C=O) groups excluding carboxylic acids is 1. The highest BCUT2D eigenvalue weighted by Crippen LogP contribution is 2.02. The Kier molecular flexibility index (Phi) is 4.31. The molecule has 0 saturated carbocycles. The lowest BCUT2D eigenvalue weighted by molar-refractivity contribution is 0.0416. The number of benzene rings is 1. The average Bonchev–Trinajstić information content (AvgIpc) is 2.26. The largest absolute Gasteiger partial charge is 0.460 e. The topological polar surface area (TPSA) is 29.5 Å². The number of rotatable bonds is 4. The third-order valence-corrected chi connectivity index (χ3v) is 2.35. The lowest BCUT2D eigenvalue weighted by Crippen LogP contribution is -2.30. The van der Waals surface area contributed by atoms with Crippen LogP contribution in [0.5, 0.6) is 0 Å². The number of esters is 1. The van der Waals surface area contributed by atoms with Gasteiger partial charge in [-0.2, -0.15) is 0 Å². The molecule has 0 amide bonds. The van der Waals surface area contributed by atoms with Gasteiger partial charge in [0.15, 0.2) is 0 Å². The number of ether oxygens (including phenoxy) is 1. The van der Waals surface area contributed by atoms with Gasteiger partial charge in [-0.25, -0.2) is 4.79 Å². The van der Waals surface area contributed by atoms with Gasteiger partial charge in [-0.3, -0.25) is 0 Å². The van der Waals surface area contributed by atoms with Gasteiger partial charge in [-0.1, -0.05) is 18.2 Å². The van der Waals surface area contributed by atoms with Crippen molar-refractivity contribution in [2.45, 2.75) is 13.0 Å². The van der Waals surface area contributed by atoms with E-state index in [1.807, 2.05) is 44.1 Å². The Balaban J connectivity index is 2.44. The molecule has 0 saturated heterocycles. The van der Waals surface area contributed by atoms with Crippen LogP contribution in [0.2, 0.25) is 0 Å². The van der Waals surface area contributed by atoms with Crippen molar-refractivity contribution in [3.8, 4) is 0 Å². The summed E-state index contributed by atoms with van der Waals surface area (Å²) in [5.41, 5.74) is 0.600. The predicted octanol–water partition coefficient (Wildman–Crippen LogP) is 1.79. The second kappa shape index (κ2) is 5.51. The van der Waals surface area contributed by atoms with Crippen molar-refractivity contribution >= 4 is 5.97 Å². The first-order valence-electron chi connectivity index (χ1n) is 5.00. The summed E-state index contributed by atoms with van der Waals surface area (Å²) >= 11 is 0. The molecule has 0 bridgehead atoms. The zero-order valence-electron chi connectivity index (χ0n) is 9.43. The molecule has 1 rings (SSSR count). The third kappa shape index (κ3) is 3.72. The molecule has 0 aliphatic rings. The Bertz CT molecular complexity index is 309. The molecule has 82 valence electrons. The van der Waals surface area contributed by atoms with Crippen LogP contribution < -0.4 is 0 Å². The monoisotopic (exact) mass is 207 g/mol. The summed E-state index contributed by atoms with van der Waals surface area (Å²) in [6.45, 7) is 2.43. The van der Waals surface area contributed by atoms with Crippen LogP contribution in [0.3, 0.4) is 0 Å². The van der Waals surface area contributed by atoms with Gasteiger partial charge in [0, 0.05) is 6.04 Å². The number of likely N-dealkylation sites (N-methyl/N-ethyl adjacent to an activating group) is 1. The van der Waals surface area contributed by atoms with Crippen molar-refractivity contribution in [3.05, 3.63) is 35.9 Å². The standard InChI is InChI=1S/C12H17NO2/c1-10(13(2)3)9-15-12(14)11-7-5-4-6-8-11/h4-8,10H,9H2,1-3H3. The van der Waals surface area contributed by atoms with Crippen molar-refractivity contribution in [1.82, 2.24) is 4.90 Å². The van der Waals surface area contributed by atoms with E-state index in [2.05, 4.69) is 0 Å². The average molecular weight is 207 g/mol.